The van der Waals surface area contributed by atoms with Crippen molar-refractivity contribution in [1.82, 2.24) is 5.32 Å². The summed E-state index contributed by atoms with van der Waals surface area (Å²) in [7, 11) is -7.38. The third kappa shape index (κ3) is 5.91. The molecule has 7 nitrogen and oxygen atoms in total. The minimum absolute atomic E-state index is 0.00206. The smallest absolute Gasteiger partial charge is 0.263 e. The van der Waals surface area contributed by atoms with Crippen LogP contribution in [0.1, 0.15) is 17.3 Å². The lowest BCUT2D eigenvalue weighted by Gasteiger charge is -2.11. The van der Waals surface area contributed by atoms with E-state index in [4.69, 9.17) is 11.6 Å². The number of sulfone groups is 1. The molecule has 0 aliphatic rings. The molecule has 0 spiro atoms. The number of carbonyl (C=O) groups is 1. The van der Waals surface area contributed by atoms with E-state index in [1.807, 2.05) is 0 Å². The van der Waals surface area contributed by atoms with E-state index in [0.717, 1.165) is 18.2 Å². The number of rotatable bonds is 8. The molecule has 0 saturated carbocycles. The Morgan fingerprint density at radius 1 is 1.07 bits per heavy atom. The van der Waals surface area contributed by atoms with Crippen LogP contribution >= 0.6 is 11.6 Å². The highest BCUT2D eigenvalue weighted by atomic mass is 35.5. The quantitative estimate of drug-likeness (QED) is 0.644. The molecule has 0 heterocycles. The third-order valence-corrected chi connectivity index (χ3v) is 7.29. The summed E-state index contributed by atoms with van der Waals surface area (Å²) in [6, 6.07) is 8.32. The van der Waals surface area contributed by atoms with E-state index in [2.05, 4.69) is 10.0 Å². The molecular formula is C17H18ClFN2O5S2. The molecule has 2 rings (SSSR count). The number of nitrogens with one attached hydrogen (secondary N) is 2. The van der Waals surface area contributed by atoms with Gasteiger partial charge in [0.15, 0.2) is 9.84 Å². The van der Waals surface area contributed by atoms with Gasteiger partial charge in [0, 0.05) is 23.5 Å². The SMILES string of the molecule is CCS(=O)(=O)CCNC(=O)c1ccc(Cl)c(S(=O)(=O)Nc2ccc(F)cc2)c1. The molecule has 2 aromatic rings. The topological polar surface area (TPSA) is 109 Å². The molecule has 0 aromatic heterocycles. The summed E-state index contributed by atoms with van der Waals surface area (Å²) >= 11 is 5.97. The highest BCUT2D eigenvalue weighted by molar-refractivity contribution is 7.92. The molecule has 0 fully saturated rings. The van der Waals surface area contributed by atoms with E-state index in [-0.39, 0.29) is 39.2 Å². The van der Waals surface area contributed by atoms with Crippen molar-refractivity contribution in [2.24, 2.45) is 0 Å². The summed E-state index contributed by atoms with van der Waals surface area (Å²) in [5, 5.41) is 2.31. The Kier molecular flexibility index (Phi) is 7.02. The van der Waals surface area contributed by atoms with Gasteiger partial charge in [0.2, 0.25) is 0 Å². The fraction of sp³-hybridized carbons (Fsp3) is 0.235. The molecule has 11 heteroatoms. The normalized spacial score (nSPS) is 11.8. The first-order valence-corrected chi connectivity index (χ1v) is 11.8. The summed E-state index contributed by atoms with van der Waals surface area (Å²) in [5.41, 5.74) is 0.120. The summed E-state index contributed by atoms with van der Waals surface area (Å²) < 4.78 is 63.3. The van der Waals surface area contributed by atoms with Crippen LogP contribution in [0.3, 0.4) is 0 Å². The second kappa shape index (κ2) is 8.89. The molecule has 2 aromatic carbocycles. The van der Waals surface area contributed by atoms with Crippen LogP contribution in [0.25, 0.3) is 0 Å². The maximum absolute atomic E-state index is 13.0. The van der Waals surface area contributed by atoms with Gasteiger partial charge in [-0.3, -0.25) is 9.52 Å². The van der Waals surface area contributed by atoms with Crippen molar-refractivity contribution in [2.45, 2.75) is 11.8 Å². The second-order valence-electron chi connectivity index (χ2n) is 5.75. The van der Waals surface area contributed by atoms with Crippen LogP contribution in [0.4, 0.5) is 10.1 Å². The van der Waals surface area contributed by atoms with E-state index in [1.54, 1.807) is 0 Å². The average molecular weight is 449 g/mol. The Balaban J connectivity index is 2.19. The number of anilines is 1. The van der Waals surface area contributed by atoms with Gasteiger partial charge < -0.3 is 5.32 Å². The lowest BCUT2D eigenvalue weighted by atomic mass is 10.2. The number of amides is 1. The fourth-order valence-corrected chi connectivity index (χ4v) is 4.43. The van der Waals surface area contributed by atoms with Crippen molar-refractivity contribution < 1.29 is 26.0 Å². The van der Waals surface area contributed by atoms with Crippen LogP contribution in [0.5, 0.6) is 0 Å². The molecule has 0 aliphatic carbocycles. The summed E-state index contributed by atoms with van der Waals surface area (Å²) in [6.45, 7) is 1.40. The summed E-state index contributed by atoms with van der Waals surface area (Å²) in [6.07, 6.45) is 0. The first kappa shape index (κ1) is 22.1. The van der Waals surface area contributed by atoms with E-state index in [9.17, 15) is 26.0 Å². The Labute approximate surface area is 167 Å². The van der Waals surface area contributed by atoms with Crippen LogP contribution in [-0.4, -0.2) is 40.8 Å². The van der Waals surface area contributed by atoms with Crippen LogP contribution in [0.2, 0.25) is 5.02 Å². The molecule has 0 bridgehead atoms. The fourth-order valence-electron chi connectivity index (χ4n) is 2.15. The second-order valence-corrected chi connectivity index (χ2v) is 10.3. The predicted molar refractivity (Wildman–Crippen MR) is 105 cm³/mol. The van der Waals surface area contributed by atoms with Crippen molar-refractivity contribution in [3.05, 3.63) is 58.9 Å². The third-order valence-electron chi connectivity index (χ3n) is 3.72. The van der Waals surface area contributed by atoms with Crippen molar-refractivity contribution >= 4 is 43.1 Å². The molecule has 28 heavy (non-hydrogen) atoms. The van der Waals surface area contributed by atoms with Gasteiger partial charge in [-0.25, -0.2) is 21.2 Å². The van der Waals surface area contributed by atoms with E-state index in [1.165, 1.54) is 31.2 Å². The van der Waals surface area contributed by atoms with Crippen molar-refractivity contribution in [3.8, 4) is 0 Å². The lowest BCUT2D eigenvalue weighted by Crippen LogP contribution is -2.29. The van der Waals surface area contributed by atoms with Crippen LogP contribution in [0, 0.1) is 5.82 Å². The molecular weight excluding hydrogens is 431 g/mol. The van der Waals surface area contributed by atoms with Gasteiger partial charge in [-0.15, -0.1) is 0 Å². The number of halogens is 2. The Bertz CT molecular complexity index is 1070. The molecule has 152 valence electrons. The zero-order valence-corrected chi connectivity index (χ0v) is 17.2. The first-order chi connectivity index (χ1) is 13.0. The zero-order valence-electron chi connectivity index (χ0n) is 14.8. The van der Waals surface area contributed by atoms with Gasteiger partial charge in [-0.2, -0.15) is 0 Å². The molecule has 1 amide bonds. The maximum Gasteiger partial charge on any atom is 0.263 e. The average Bonchev–Trinajstić information content (AvgIpc) is 2.63. The van der Waals surface area contributed by atoms with Crippen molar-refractivity contribution in [3.63, 3.8) is 0 Å². The van der Waals surface area contributed by atoms with Gasteiger partial charge in [0.1, 0.15) is 10.7 Å². The highest BCUT2D eigenvalue weighted by Gasteiger charge is 2.21. The number of hydrogen-bond donors (Lipinski definition) is 2. The summed E-state index contributed by atoms with van der Waals surface area (Å²) in [4.78, 5) is 11.9. The van der Waals surface area contributed by atoms with Crippen molar-refractivity contribution in [1.29, 1.82) is 0 Å². The van der Waals surface area contributed by atoms with Gasteiger partial charge in [0.05, 0.1) is 10.8 Å². The van der Waals surface area contributed by atoms with Gasteiger partial charge in [-0.1, -0.05) is 18.5 Å². The predicted octanol–water partition coefficient (Wildman–Crippen LogP) is 2.44. The maximum atomic E-state index is 13.0. The monoisotopic (exact) mass is 448 g/mol. The standard InChI is InChI=1S/C17H18ClFN2O5S2/c1-2-27(23,24)10-9-20-17(22)12-3-8-15(18)16(11-12)28(25,26)21-14-6-4-13(19)5-7-14/h3-8,11,21H,2,9-10H2,1H3,(H,20,22). The zero-order chi connectivity index (χ0) is 20.9. The number of carbonyl (C=O) groups excluding carboxylic acids is 1. The summed E-state index contributed by atoms with van der Waals surface area (Å²) in [5.74, 6) is -1.42. The van der Waals surface area contributed by atoms with Crippen LogP contribution in [0.15, 0.2) is 47.4 Å². The molecule has 0 radical (unpaired) electrons. The van der Waals surface area contributed by atoms with Gasteiger partial charge >= 0.3 is 0 Å². The van der Waals surface area contributed by atoms with E-state index < -0.39 is 31.6 Å². The van der Waals surface area contributed by atoms with E-state index in [0.29, 0.717) is 0 Å². The molecule has 0 unspecified atom stereocenters. The first-order valence-electron chi connectivity index (χ1n) is 8.10. The van der Waals surface area contributed by atoms with Crippen LogP contribution in [-0.2, 0) is 19.9 Å². The Morgan fingerprint density at radius 3 is 2.32 bits per heavy atom. The Hall–Kier alpha value is -2.17. The number of benzene rings is 2. The molecule has 0 atom stereocenters. The Morgan fingerprint density at radius 2 is 1.71 bits per heavy atom. The molecule has 0 saturated heterocycles. The molecule has 0 aliphatic heterocycles. The number of hydrogen-bond acceptors (Lipinski definition) is 5. The van der Waals surface area contributed by atoms with Crippen LogP contribution < -0.4 is 10.0 Å². The molecule has 2 N–H and O–H groups in total. The minimum atomic E-state index is -4.14. The van der Waals surface area contributed by atoms with Gasteiger partial charge in [-0.05, 0) is 42.5 Å². The van der Waals surface area contributed by atoms with E-state index >= 15 is 0 Å². The lowest BCUT2D eigenvalue weighted by molar-refractivity contribution is 0.0956. The van der Waals surface area contributed by atoms with Gasteiger partial charge in [0.25, 0.3) is 15.9 Å². The number of sulfonamides is 1. The minimum Gasteiger partial charge on any atom is -0.351 e. The largest absolute Gasteiger partial charge is 0.351 e. The highest BCUT2D eigenvalue weighted by Crippen LogP contribution is 2.25. The van der Waals surface area contributed by atoms with Crippen molar-refractivity contribution in [2.75, 3.05) is 22.8 Å².